The number of rotatable bonds is 2. The fourth-order valence-corrected chi connectivity index (χ4v) is 2.93. The maximum Gasteiger partial charge on any atom is 0.314 e. The first-order chi connectivity index (χ1) is 7.40. The zero-order valence-corrected chi connectivity index (χ0v) is 10.2. The van der Waals surface area contributed by atoms with Crippen LogP contribution in [0.2, 0.25) is 0 Å². The van der Waals surface area contributed by atoms with Crippen LogP contribution in [0.5, 0.6) is 11.5 Å². The minimum atomic E-state index is -0.895. The monoisotopic (exact) mass is 286 g/mol. The van der Waals surface area contributed by atoms with Crippen molar-refractivity contribution >= 4 is 21.9 Å². The summed E-state index contributed by atoms with van der Waals surface area (Å²) >= 11 is 3.15. The van der Waals surface area contributed by atoms with Crippen molar-refractivity contribution in [2.75, 3.05) is 0 Å². The predicted octanol–water partition coefficient (Wildman–Crippen LogP) is 2.28. The fourth-order valence-electron chi connectivity index (χ4n) is 2.03. The Bertz CT molecular complexity index is 477. The Balaban J connectivity index is 2.67. The minimum absolute atomic E-state index is 0.241. The molecule has 1 fully saturated rings. The predicted molar refractivity (Wildman–Crippen MR) is 60.8 cm³/mol. The van der Waals surface area contributed by atoms with Gasteiger partial charge in [0.1, 0.15) is 0 Å². The third-order valence-electron chi connectivity index (χ3n) is 3.06. The molecule has 1 aliphatic rings. The highest BCUT2D eigenvalue weighted by Crippen LogP contribution is 2.54. The standard InChI is InChI=1S/C11H11BrO4/c1-5-4-6(13)9(14)8(12)7(5)11(2-3-11)10(15)16/h4,13-14H,2-3H2,1H3,(H,15,16). The van der Waals surface area contributed by atoms with Gasteiger partial charge < -0.3 is 15.3 Å². The van der Waals surface area contributed by atoms with Crippen molar-refractivity contribution in [2.24, 2.45) is 0 Å². The summed E-state index contributed by atoms with van der Waals surface area (Å²) in [4.78, 5) is 11.2. The minimum Gasteiger partial charge on any atom is -0.504 e. The van der Waals surface area contributed by atoms with Crippen LogP contribution in [0.3, 0.4) is 0 Å². The molecule has 16 heavy (non-hydrogen) atoms. The van der Waals surface area contributed by atoms with Crippen molar-refractivity contribution in [1.29, 1.82) is 0 Å². The van der Waals surface area contributed by atoms with Gasteiger partial charge in [0.15, 0.2) is 11.5 Å². The average Bonchev–Trinajstić information content (AvgIpc) is 2.96. The molecule has 4 nitrogen and oxygen atoms in total. The van der Waals surface area contributed by atoms with Crippen LogP contribution >= 0.6 is 15.9 Å². The molecule has 1 aromatic rings. The highest BCUT2D eigenvalue weighted by molar-refractivity contribution is 9.10. The van der Waals surface area contributed by atoms with E-state index in [9.17, 15) is 20.1 Å². The Labute approximate surface area is 101 Å². The lowest BCUT2D eigenvalue weighted by atomic mass is 9.91. The second-order valence-corrected chi connectivity index (χ2v) is 4.93. The summed E-state index contributed by atoms with van der Waals surface area (Å²) in [5.41, 5.74) is 0.339. The quantitative estimate of drug-likeness (QED) is 0.729. The van der Waals surface area contributed by atoms with Crippen LogP contribution in [0.25, 0.3) is 0 Å². The Morgan fingerprint density at radius 1 is 1.44 bits per heavy atom. The normalized spacial score (nSPS) is 17.1. The summed E-state index contributed by atoms with van der Waals surface area (Å²) in [6, 6.07) is 1.39. The SMILES string of the molecule is Cc1cc(O)c(O)c(Br)c1C1(C(=O)O)CC1. The molecule has 0 amide bonds. The number of carboxylic acids is 1. The van der Waals surface area contributed by atoms with Crippen molar-refractivity contribution in [3.63, 3.8) is 0 Å². The number of hydrogen-bond donors (Lipinski definition) is 3. The fraction of sp³-hybridized carbons (Fsp3) is 0.364. The van der Waals surface area contributed by atoms with Gasteiger partial charge in [-0.1, -0.05) is 0 Å². The first-order valence-electron chi connectivity index (χ1n) is 4.85. The number of aliphatic carboxylic acids is 1. The molecule has 0 atom stereocenters. The van der Waals surface area contributed by atoms with E-state index in [1.54, 1.807) is 6.92 Å². The molecule has 1 saturated carbocycles. The first kappa shape index (κ1) is 11.3. The summed E-state index contributed by atoms with van der Waals surface area (Å²) in [5.74, 6) is -1.43. The number of halogens is 1. The lowest BCUT2D eigenvalue weighted by Crippen LogP contribution is -2.21. The zero-order chi connectivity index (χ0) is 12.1. The maximum absolute atomic E-state index is 11.2. The lowest BCUT2D eigenvalue weighted by molar-refractivity contribution is -0.140. The third kappa shape index (κ3) is 1.38. The number of phenolic OH excluding ortho intramolecular Hbond substituents is 2. The van der Waals surface area contributed by atoms with E-state index in [-0.39, 0.29) is 16.0 Å². The number of aryl methyl sites for hydroxylation is 1. The summed E-state index contributed by atoms with van der Waals surface area (Å²) < 4.78 is 0.282. The van der Waals surface area contributed by atoms with Crippen LogP contribution in [-0.2, 0) is 10.2 Å². The van der Waals surface area contributed by atoms with Crippen LogP contribution in [-0.4, -0.2) is 21.3 Å². The van der Waals surface area contributed by atoms with Gasteiger partial charge in [-0.3, -0.25) is 4.79 Å². The molecule has 0 heterocycles. The van der Waals surface area contributed by atoms with E-state index in [2.05, 4.69) is 15.9 Å². The second-order valence-electron chi connectivity index (χ2n) is 4.14. The summed E-state index contributed by atoms with van der Waals surface area (Å²) in [6.45, 7) is 1.72. The maximum atomic E-state index is 11.2. The second kappa shape index (κ2) is 3.38. The van der Waals surface area contributed by atoms with E-state index in [0.29, 0.717) is 24.0 Å². The smallest absolute Gasteiger partial charge is 0.314 e. The number of hydrogen-bond acceptors (Lipinski definition) is 3. The molecule has 1 aromatic carbocycles. The number of phenols is 2. The van der Waals surface area contributed by atoms with E-state index in [0.717, 1.165) is 0 Å². The molecule has 3 N–H and O–H groups in total. The average molecular weight is 287 g/mol. The van der Waals surface area contributed by atoms with Gasteiger partial charge in [-0.15, -0.1) is 0 Å². The molecular formula is C11H11BrO4. The Morgan fingerprint density at radius 3 is 2.44 bits per heavy atom. The zero-order valence-electron chi connectivity index (χ0n) is 8.62. The molecule has 5 heteroatoms. The van der Waals surface area contributed by atoms with Gasteiger partial charge in [-0.25, -0.2) is 0 Å². The Morgan fingerprint density at radius 2 is 2.00 bits per heavy atom. The van der Waals surface area contributed by atoms with Gasteiger partial charge >= 0.3 is 5.97 Å². The molecule has 0 bridgehead atoms. The van der Waals surface area contributed by atoms with Gasteiger partial charge in [-0.05, 0) is 52.9 Å². The Kier molecular flexibility index (Phi) is 2.38. The van der Waals surface area contributed by atoms with E-state index in [4.69, 9.17) is 0 Å². The number of benzene rings is 1. The van der Waals surface area contributed by atoms with Crippen molar-refractivity contribution in [2.45, 2.75) is 25.2 Å². The number of carbonyl (C=O) groups is 1. The topological polar surface area (TPSA) is 77.8 Å². The molecule has 0 aromatic heterocycles. The van der Waals surface area contributed by atoms with Gasteiger partial charge in [0, 0.05) is 0 Å². The van der Waals surface area contributed by atoms with E-state index in [1.165, 1.54) is 6.07 Å². The molecule has 86 valence electrons. The molecule has 0 aliphatic heterocycles. The number of aromatic hydroxyl groups is 2. The molecular weight excluding hydrogens is 276 g/mol. The van der Waals surface area contributed by atoms with Crippen molar-refractivity contribution in [1.82, 2.24) is 0 Å². The van der Waals surface area contributed by atoms with Gasteiger partial charge in [0.05, 0.1) is 9.89 Å². The van der Waals surface area contributed by atoms with Crippen LogP contribution in [0.15, 0.2) is 10.5 Å². The van der Waals surface area contributed by atoms with Crippen LogP contribution in [0.4, 0.5) is 0 Å². The van der Waals surface area contributed by atoms with Crippen molar-refractivity contribution in [3.8, 4) is 11.5 Å². The van der Waals surface area contributed by atoms with Gasteiger partial charge in [0.25, 0.3) is 0 Å². The highest BCUT2D eigenvalue weighted by atomic mass is 79.9. The van der Waals surface area contributed by atoms with Crippen molar-refractivity contribution < 1.29 is 20.1 Å². The first-order valence-corrected chi connectivity index (χ1v) is 5.64. The summed E-state index contributed by atoms with van der Waals surface area (Å²) in [7, 11) is 0. The molecule has 2 rings (SSSR count). The lowest BCUT2D eigenvalue weighted by Gasteiger charge is -2.17. The summed E-state index contributed by atoms with van der Waals surface area (Å²) in [5, 5.41) is 28.2. The molecule has 0 spiro atoms. The molecule has 1 aliphatic carbocycles. The van der Waals surface area contributed by atoms with Crippen LogP contribution < -0.4 is 0 Å². The molecule has 0 unspecified atom stereocenters. The van der Waals surface area contributed by atoms with E-state index < -0.39 is 11.4 Å². The van der Waals surface area contributed by atoms with Crippen LogP contribution in [0, 0.1) is 6.92 Å². The third-order valence-corrected chi connectivity index (χ3v) is 3.83. The summed E-state index contributed by atoms with van der Waals surface area (Å²) in [6.07, 6.45) is 1.12. The van der Waals surface area contributed by atoms with Gasteiger partial charge in [-0.2, -0.15) is 0 Å². The molecule has 0 saturated heterocycles. The number of carboxylic acid groups (broad SMARTS) is 1. The Hall–Kier alpha value is -1.23. The van der Waals surface area contributed by atoms with E-state index in [1.807, 2.05) is 0 Å². The molecule has 0 radical (unpaired) electrons. The van der Waals surface area contributed by atoms with E-state index >= 15 is 0 Å². The van der Waals surface area contributed by atoms with Crippen molar-refractivity contribution in [3.05, 3.63) is 21.7 Å². The largest absolute Gasteiger partial charge is 0.504 e. The highest BCUT2D eigenvalue weighted by Gasteiger charge is 2.54. The van der Waals surface area contributed by atoms with Gasteiger partial charge in [0.2, 0.25) is 0 Å². The van der Waals surface area contributed by atoms with Crippen LogP contribution in [0.1, 0.15) is 24.0 Å².